The molecule has 0 bridgehead atoms. The summed E-state index contributed by atoms with van der Waals surface area (Å²) in [6.07, 6.45) is 2.92. The smallest absolute Gasteiger partial charge is 0.186 e. The fraction of sp³-hybridized carbons (Fsp3) is 0.500. The number of hydrogen-bond acceptors (Lipinski definition) is 5. The van der Waals surface area contributed by atoms with Crippen molar-refractivity contribution in [1.82, 2.24) is 9.97 Å². The standard InChI is InChI=1S/C16H24N4S/c1-4-12(3)15-14(10-17)21-16(19-15)20(5-2)11-13-8-6-7-9-18-13/h6-9,12H,4-5,10-11,17H2,1-3H3. The fourth-order valence-corrected chi connectivity index (χ4v) is 3.33. The maximum atomic E-state index is 5.89. The summed E-state index contributed by atoms with van der Waals surface area (Å²) in [5.41, 5.74) is 8.12. The molecule has 1 unspecified atom stereocenters. The van der Waals surface area contributed by atoms with E-state index in [9.17, 15) is 0 Å². The van der Waals surface area contributed by atoms with Crippen molar-refractivity contribution in [3.63, 3.8) is 0 Å². The molecule has 0 aromatic carbocycles. The van der Waals surface area contributed by atoms with Crippen molar-refractivity contribution in [1.29, 1.82) is 0 Å². The van der Waals surface area contributed by atoms with Crippen LogP contribution in [-0.2, 0) is 13.1 Å². The lowest BCUT2D eigenvalue weighted by Crippen LogP contribution is -2.22. The van der Waals surface area contributed by atoms with E-state index in [4.69, 9.17) is 10.7 Å². The van der Waals surface area contributed by atoms with Crippen LogP contribution in [0, 0.1) is 0 Å². The summed E-state index contributed by atoms with van der Waals surface area (Å²) in [6, 6.07) is 6.01. The van der Waals surface area contributed by atoms with Gasteiger partial charge in [-0.05, 0) is 31.4 Å². The Bertz CT molecular complexity index is 553. The molecule has 21 heavy (non-hydrogen) atoms. The fourth-order valence-electron chi connectivity index (χ4n) is 2.21. The number of anilines is 1. The first-order valence-electron chi connectivity index (χ1n) is 7.54. The largest absolute Gasteiger partial charge is 0.342 e. The van der Waals surface area contributed by atoms with Gasteiger partial charge >= 0.3 is 0 Å². The number of nitrogens with two attached hydrogens (primary N) is 1. The van der Waals surface area contributed by atoms with E-state index >= 15 is 0 Å². The first-order chi connectivity index (χ1) is 10.2. The summed E-state index contributed by atoms with van der Waals surface area (Å²) in [4.78, 5) is 12.7. The molecule has 2 rings (SSSR count). The molecule has 4 nitrogen and oxygen atoms in total. The summed E-state index contributed by atoms with van der Waals surface area (Å²) in [7, 11) is 0. The zero-order valence-corrected chi connectivity index (χ0v) is 13.9. The number of aromatic nitrogens is 2. The van der Waals surface area contributed by atoms with Crippen LogP contribution in [0.4, 0.5) is 5.13 Å². The second-order valence-corrected chi connectivity index (χ2v) is 6.22. The van der Waals surface area contributed by atoms with E-state index in [0.29, 0.717) is 12.5 Å². The van der Waals surface area contributed by atoms with E-state index in [1.165, 1.54) is 10.6 Å². The lowest BCUT2D eigenvalue weighted by atomic mass is 10.0. The van der Waals surface area contributed by atoms with E-state index in [1.54, 1.807) is 11.3 Å². The minimum atomic E-state index is 0.460. The molecule has 0 spiro atoms. The minimum absolute atomic E-state index is 0.460. The first kappa shape index (κ1) is 15.9. The number of rotatable bonds is 7. The third kappa shape index (κ3) is 3.80. The summed E-state index contributed by atoms with van der Waals surface area (Å²) in [5.74, 6) is 0.460. The first-order valence-corrected chi connectivity index (χ1v) is 8.35. The van der Waals surface area contributed by atoms with Crippen LogP contribution in [0.1, 0.15) is 49.4 Å². The molecule has 0 aliphatic rings. The minimum Gasteiger partial charge on any atom is -0.342 e. The monoisotopic (exact) mass is 304 g/mol. The van der Waals surface area contributed by atoms with E-state index in [-0.39, 0.29) is 0 Å². The van der Waals surface area contributed by atoms with Gasteiger partial charge in [-0.1, -0.05) is 19.9 Å². The Morgan fingerprint density at radius 2 is 2.14 bits per heavy atom. The number of hydrogen-bond donors (Lipinski definition) is 1. The van der Waals surface area contributed by atoms with E-state index in [0.717, 1.165) is 30.3 Å². The van der Waals surface area contributed by atoms with Gasteiger partial charge in [0.05, 0.1) is 17.9 Å². The highest BCUT2D eigenvalue weighted by molar-refractivity contribution is 7.15. The van der Waals surface area contributed by atoms with Crippen molar-refractivity contribution in [2.24, 2.45) is 5.73 Å². The van der Waals surface area contributed by atoms with Crippen LogP contribution in [0.3, 0.4) is 0 Å². The number of pyridine rings is 1. The Labute approximate surface area is 131 Å². The van der Waals surface area contributed by atoms with Crippen molar-refractivity contribution in [2.75, 3.05) is 11.4 Å². The molecule has 0 saturated heterocycles. The Hall–Kier alpha value is -1.46. The predicted octanol–water partition coefficient (Wildman–Crippen LogP) is 3.54. The summed E-state index contributed by atoms with van der Waals surface area (Å²) >= 11 is 1.72. The zero-order chi connectivity index (χ0) is 15.2. The third-order valence-corrected chi connectivity index (χ3v) is 4.87. The normalized spacial score (nSPS) is 12.4. The second-order valence-electron chi connectivity index (χ2n) is 5.15. The van der Waals surface area contributed by atoms with Gasteiger partial charge in [0, 0.05) is 24.2 Å². The SMILES string of the molecule is CCC(C)c1nc(N(CC)Cc2ccccn2)sc1CN. The van der Waals surface area contributed by atoms with Gasteiger partial charge in [0.2, 0.25) is 0 Å². The maximum absolute atomic E-state index is 5.89. The van der Waals surface area contributed by atoms with Crippen LogP contribution in [0.5, 0.6) is 0 Å². The molecule has 0 fully saturated rings. The number of thiazole rings is 1. The summed E-state index contributed by atoms with van der Waals surface area (Å²) < 4.78 is 0. The Morgan fingerprint density at radius 1 is 1.33 bits per heavy atom. The molecule has 1 atom stereocenters. The zero-order valence-electron chi connectivity index (χ0n) is 13.0. The number of nitrogens with zero attached hydrogens (tertiary/aromatic N) is 3. The Balaban J connectivity index is 2.24. The molecule has 2 N–H and O–H groups in total. The van der Waals surface area contributed by atoms with Crippen molar-refractivity contribution in [3.05, 3.63) is 40.7 Å². The molecule has 0 aliphatic heterocycles. The molecule has 2 heterocycles. The topological polar surface area (TPSA) is 55.0 Å². The molecular weight excluding hydrogens is 280 g/mol. The average Bonchev–Trinajstić information content (AvgIpc) is 2.97. The highest BCUT2D eigenvalue weighted by atomic mass is 32.1. The van der Waals surface area contributed by atoms with Gasteiger partial charge in [0.1, 0.15) is 0 Å². The molecule has 0 aliphatic carbocycles. The second kappa shape index (κ2) is 7.52. The summed E-state index contributed by atoms with van der Waals surface area (Å²) in [6.45, 7) is 8.82. The van der Waals surface area contributed by atoms with Gasteiger partial charge in [-0.2, -0.15) is 0 Å². The van der Waals surface area contributed by atoms with Crippen molar-refractivity contribution in [3.8, 4) is 0 Å². The Kier molecular flexibility index (Phi) is 5.70. The van der Waals surface area contributed by atoms with Crippen molar-refractivity contribution in [2.45, 2.75) is 46.2 Å². The highest BCUT2D eigenvalue weighted by Crippen LogP contribution is 2.32. The molecule has 114 valence electrons. The van der Waals surface area contributed by atoms with E-state index in [1.807, 2.05) is 18.3 Å². The van der Waals surface area contributed by atoms with Gasteiger partial charge in [0.15, 0.2) is 5.13 Å². The maximum Gasteiger partial charge on any atom is 0.186 e. The van der Waals surface area contributed by atoms with Gasteiger partial charge in [-0.3, -0.25) is 4.98 Å². The van der Waals surface area contributed by atoms with Gasteiger partial charge in [-0.25, -0.2) is 4.98 Å². The van der Waals surface area contributed by atoms with Crippen LogP contribution in [0.25, 0.3) is 0 Å². The van der Waals surface area contributed by atoms with Crippen molar-refractivity contribution >= 4 is 16.5 Å². The van der Waals surface area contributed by atoms with E-state index < -0.39 is 0 Å². The molecule has 0 radical (unpaired) electrons. The van der Waals surface area contributed by atoms with Crippen LogP contribution < -0.4 is 10.6 Å². The molecule has 5 heteroatoms. The summed E-state index contributed by atoms with van der Waals surface area (Å²) in [5, 5.41) is 1.05. The molecular formula is C16H24N4S. The van der Waals surface area contributed by atoms with Gasteiger partial charge in [-0.15, -0.1) is 11.3 Å². The van der Waals surface area contributed by atoms with Crippen LogP contribution in [-0.4, -0.2) is 16.5 Å². The van der Waals surface area contributed by atoms with Crippen LogP contribution >= 0.6 is 11.3 Å². The van der Waals surface area contributed by atoms with Gasteiger partial charge in [0.25, 0.3) is 0 Å². The van der Waals surface area contributed by atoms with Crippen LogP contribution in [0.15, 0.2) is 24.4 Å². The third-order valence-electron chi connectivity index (χ3n) is 3.71. The molecule has 0 amide bonds. The highest BCUT2D eigenvalue weighted by Gasteiger charge is 2.18. The van der Waals surface area contributed by atoms with Gasteiger partial charge < -0.3 is 10.6 Å². The lowest BCUT2D eigenvalue weighted by Gasteiger charge is -2.19. The molecule has 2 aromatic heterocycles. The predicted molar refractivity (Wildman–Crippen MR) is 89.7 cm³/mol. The lowest BCUT2D eigenvalue weighted by molar-refractivity contribution is 0.699. The van der Waals surface area contributed by atoms with Crippen molar-refractivity contribution < 1.29 is 0 Å². The quantitative estimate of drug-likeness (QED) is 0.850. The molecule has 2 aromatic rings. The average molecular weight is 304 g/mol. The Morgan fingerprint density at radius 3 is 2.71 bits per heavy atom. The molecule has 0 saturated carbocycles. The van der Waals surface area contributed by atoms with E-state index in [2.05, 4.69) is 36.7 Å². The van der Waals surface area contributed by atoms with Crippen LogP contribution in [0.2, 0.25) is 0 Å².